The molecule has 0 aliphatic rings. The van der Waals surface area contributed by atoms with Gasteiger partial charge in [0.15, 0.2) is 10.9 Å². The minimum atomic E-state index is -0.635. The number of hydrogen-bond donors (Lipinski definition) is 1. The van der Waals surface area contributed by atoms with E-state index in [1.54, 1.807) is 6.92 Å². The van der Waals surface area contributed by atoms with Crippen molar-refractivity contribution in [3.63, 3.8) is 0 Å². The summed E-state index contributed by atoms with van der Waals surface area (Å²) in [5.41, 5.74) is -0.0912. The number of aromatic nitrogens is 2. The van der Waals surface area contributed by atoms with Crippen LogP contribution in [0, 0.1) is 24.0 Å². The third-order valence-corrected chi connectivity index (χ3v) is 4.31. The molecule has 2 heterocycles. The highest BCUT2D eigenvalue weighted by Gasteiger charge is 2.16. The molecular formula is C14H14N4O5S. The molecule has 0 fully saturated rings. The van der Waals surface area contributed by atoms with Crippen molar-refractivity contribution in [2.24, 2.45) is 0 Å². The average Bonchev–Trinajstić information content (AvgIpc) is 2.84. The number of Topliss-reactive ketones (excluding diaryl/α,β-unsaturated/α-hetero) is 1. The number of rotatable bonds is 5. The molecule has 9 nitrogen and oxygen atoms in total. The summed E-state index contributed by atoms with van der Waals surface area (Å²) >= 11 is 1.03. The number of nitrogens with one attached hydrogen (secondary N) is 1. The van der Waals surface area contributed by atoms with Crippen LogP contribution in [-0.4, -0.2) is 26.2 Å². The van der Waals surface area contributed by atoms with Crippen LogP contribution in [0.4, 0.5) is 10.8 Å². The van der Waals surface area contributed by atoms with Crippen LogP contribution in [0.1, 0.15) is 27.9 Å². The van der Waals surface area contributed by atoms with Crippen LogP contribution in [0.5, 0.6) is 0 Å². The molecule has 0 atom stereocenters. The summed E-state index contributed by atoms with van der Waals surface area (Å²) in [6, 6.07) is 1.15. The summed E-state index contributed by atoms with van der Waals surface area (Å²) in [5.74, 6) is -0.725. The first kappa shape index (κ1) is 17.5. The van der Waals surface area contributed by atoms with Crippen LogP contribution in [0.3, 0.4) is 0 Å². The van der Waals surface area contributed by atoms with Gasteiger partial charge in [-0.25, -0.2) is 4.98 Å². The molecule has 0 saturated carbocycles. The molecule has 2 rings (SSSR count). The van der Waals surface area contributed by atoms with Gasteiger partial charge >= 0.3 is 0 Å². The Labute approximate surface area is 140 Å². The van der Waals surface area contributed by atoms with E-state index >= 15 is 0 Å². The number of nitrogens with zero attached hydrogens (tertiary/aromatic N) is 3. The Kier molecular flexibility index (Phi) is 4.88. The smallest absolute Gasteiger partial charge is 0.286 e. The minimum Gasteiger partial charge on any atom is -0.300 e. The van der Waals surface area contributed by atoms with Crippen LogP contribution in [0.25, 0.3) is 0 Å². The van der Waals surface area contributed by atoms with E-state index in [9.17, 15) is 24.5 Å². The van der Waals surface area contributed by atoms with Crippen molar-refractivity contribution in [2.45, 2.75) is 27.3 Å². The third-order valence-electron chi connectivity index (χ3n) is 3.14. The Morgan fingerprint density at radius 2 is 2.08 bits per heavy atom. The minimum absolute atomic E-state index is 0.156. The lowest BCUT2D eigenvalue weighted by molar-refractivity contribution is -0.385. The summed E-state index contributed by atoms with van der Waals surface area (Å²) in [6.07, 6.45) is 1.02. The number of carbonyl (C=O) groups is 2. The fraction of sp³-hybridized carbons (Fsp3) is 0.286. The van der Waals surface area contributed by atoms with Gasteiger partial charge < -0.3 is 5.32 Å². The molecule has 2 aromatic heterocycles. The highest BCUT2D eigenvalue weighted by molar-refractivity contribution is 7.17. The van der Waals surface area contributed by atoms with Crippen molar-refractivity contribution >= 4 is 33.8 Å². The van der Waals surface area contributed by atoms with Gasteiger partial charge in [-0.15, -0.1) is 0 Å². The molecule has 2 aromatic rings. The van der Waals surface area contributed by atoms with E-state index in [1.807, 2.05) is 0 Å². The molecule has 0 saturated heterocycles. The van der Waals surface area contributed by atoms with E-state index < -0.39 is 22.9 Å². The third kappa shape index (κ3) is 3.71. The molecule has 24 heavy (non-hydrogen) atoms. The van der Waals surface area contributed by atoms with Gasteiger partial charge in [-0.2, -0.15) is 0 Å². The normalized spacial score (nSPS) is 10.5. The number of nitro groups is 1. The molecule has 0 aliphatic carbocycles. The predicted molar refractivity (Wildman–Crippen MR) is 87.6 cm³/mol. The van der Waals surface area contributed by atoms with E-state index in [1.165, 1.54) is 13.8 Å². The second-order valence-electron chi connectivity index (χ2n) is 5.11. The summed E-state index contributed by atoms with van der Waals surface area (Å²) in [4.78, 5) is 50.1. The molecule has 10 heteroatoms. The van der Waals surface area contributed by atoms with Gasteiger partial charge in [0.2, 0.25) is 5.91 Å². The van der Waals surface area contributed by atoms with Crippen molar-refractivity contribution in [1.82, 2.24) is 9.55 Å². The SMILES string of the molecule is CC(=O)c1sc(NC(=O)Cn2cc([N+](=O)[O-])cc(C)c2=O)nc1C. The molecule has 126 valence electrons. The fourth-order valence-electron chi connectivity index (χ4n) is 2.07. The van der Waals surface area contributed by atoms with E-state index in [-0.39, 0.29) is 22.2 Å². The van der Waals surface area contributed by atoms with Gasteiger partial charge in [0.25, 0.3) is 11.2 Å². The maximum atomic E-state index is 12.1. The lowest BCUT2D eigenvalue weighted by atomic mass is 10.3. The number of pyridine rings is 1. The summed E-state index contributed by atoms with van der Waals surface area (Å²) < 4.78 is 0.967. The zero-order valence-electron chi connectivity index (χ0n) is 13.2. The van der Waals surface area contributed by atoms with Crippen LogP contribution in [0.15, 0.2) is 17.1 Å². The van der Waals surface area contributed by atoms with Gasteiger partial charge in [-0.05, 0) is 13.8 Å². The first-order valence-electron chi connectivity index (χ1n) is 6.82. The molecule has 1 N–H and O–H groups in total. The highest BCUT2D eigenvalue weighted by atomic mass is 32.1. The number of carbonyl (C=O) groups excluding carboxylic acids is 2. The van der Waals surface area contributed by atoms with Crippen LogP contribution >= 0.6 is 11.3 Å². The molecule has 0 aromatic carbocycles. The summed E-state index contributed by atoms with van der Waals surface area (Å²) in [5, 5.41) is 13.6. The van der Waals surface area contributed by atoms with Crippen molar-refractivity contribution in [3.8, 4) is 0 Å². The fourth-order valence-corrected chi connectivity index (χ4v) is 2.95. The van der Waals surface area contributed by atoms with Crippen molar-refractivity contribution in [3.05, 3.63) is 48.9 Å². The van der Waals surface area contributed by atoms with Crippen LogP contribution in [0.2, 0.25) is 0 Å². The van der Waals surface area contributed by atoms with Gasteiger partial charge in [-0.1, -0.05) is 11.3 Å². The largest absolute Gasteiger partial charge is 0.300 e. The lowest BCUT2D eigenvalue weighted by Gasteiger charge is -2.06. The number of aryl methyl sites for hydroxylation is 2. The Morgan fingerprint density at radius 3 is 2.62 bits per heavy atom. The molecule has 0 aliphatic heterocycles. The number of anilines is 1. The van der Waals surface area contributed by atoms with E-state index in [0.717, 1.165) is 28.2 Å². The number of ketones is 1. The topological polar surface area (TPSA) is 124 Å². The molecule has 0 bridgehead atoms. The highest BCUT2D eigenvalue weighted by Crippen LogP contribution is 2.22. The zero-order chi connectivity index (χ0) is 18.0. The van der Waals surface area contributed by atoms with Gasteiger partial charge in [0.05, 0.1) is 21.7 Å². The standard InChI is InChI=1S/C14H14N4O5S/c1-7-4-10(18(22)23)5-17(13(7)21)6-11(20)16-14-15-8(2)12(24-14)9(3)19/h4-5H,6H2,1-3H3,(H,15,16,20). The Bertz CT molecular complexity index is 899. The maximum absolute atomic E-state index is 12.1. The zero-order valence-corrected chi connectivity index (χ0v) is 14.0. The Hall–Kier alpha value is -2.88. The van der Waals surface area contributed by atoms with Crippen molar-refractivity contribution < 1.29 is 14.5 Å². The van der Waals surface area contributed by atoms with Gasteiger partial charge in [-0.3, -0.25) is 29.1 Å². The average molecular weight is 350 g/mol. The Balaban J connectivity index is 2.21. The molecular weight excluding hydrogens is 336 g/mol. The molecule has 0 spiro atoms. The number of hydrogen-bond acceptors (Lipinski definition) is 7. The quantitative estimate of drug-likeness (QED) is 0.497. The van der Waals surface area contributed by atoms with Crippen LogP contribution < -0.4 is 10.9 Å². The first-order chi connectivity index (χ1) is 11.2. The monoisotopic (exact) mass is 350 g/mol. The summed E-state index contributed by atoms with van der Waals surface area (Å²) in [7, 11) is 0. The predicted octanol–water partition coefficient (Wildman–Crippen LogP) is 1.67. The van der Waals surface area contributed by atoms with Gasteiger partial charge in [0, 0.05) is 18.6 Å². The van der Waals surface area contributed by atoms with Crippen LogP contribution in [-0.2, 0) is 11.3 Å². The second-order valence-corrected chi connectivity index (χ2v) is 6.11. The van der Waals surface area contributed by atoms with Crippen molar-refractivity contribution in [1.29, 1.82) is 0 Å². The number of thiazole rings is 1. The Morgan fingerprint density at radius 1 is 1.42 bits per heavy atom. The van der Waals surface area contributed by atoms with E-state index in [2.05, 4.69) is 10.3 Å². The molecule has 0 radical (unpaired) electrons. The maximum Gasteiger partial charge on any atom is 0.286 e. The number of amides is 1. The van der Waals surface area contributed by atoms with E-state index in [4.69, 9.17) is 0 Å². The van der Waals surface area contributed by atoms with E-state index in [0.29, 0.717) is 10.6 Å². The molecule has 0 unspecified atom stereocenters. The van der Waals surface area contributed by atoms with Crippen molar-refractivity contribution in [2.75, 3.05) is 5.32 Å². The molecule has 1 amide bonds. The second kappa shape index (κ2) is 6.71. The van der Waals surface area contributed by atoms with Gasteiger partial charge in [0.1, 0.15) is 6.54 Å². The summed E-state index contributed by atoms with van der Waals surface area (Å²) in [6.45, 7) is 4.09. The lowest BCUT2D eigenvalue weighted by Crippen LogP contribution is -2.28. The first-order valence-corrected chi connectivity index (χ1v) is 7.64.